The van der Waals surface area contributed by atoms with E-state index in [2.05, 4.69) is 43.5 Å². The number of nitrogens with zero attached hydrogens (tertiary/aromatic N) is 2. The Bertz CT molecular complexity index is 618. The van der Waals surface area contributed by atoms with Gasteiger partial charge in [-0.3, -0.25) is 0 Å². The molecule has 0 saturated carbocycles. The van der Waals surface area contributed by atoms with Crippen molar-refractivity contribution in [2.24, 2.45) is 5.73 Å². The summed E-state index contributed by atoms with van der Waals surface area (Å²) in [7, 11) is 0. The van der Waals surface area contributed by atoms with Crippen LogP contribution < -0.4 is 5.73 Å². The molecule has 2 N–H and O–H groups in total. The average Bonchev–Trinajstić information content (AvgIpc) is 3.03. The van der Waals surface area contributed by atoms with E-state index in [1.165, 1.54) is 5.52 Å². The van der Waals surface area contributed by atoms with Crippen LogP contribution in [0.2, 0.25) is 0 Å². The molecule has 1 aliphatic rings. The Kier molecular flexibility index (Phi) is 3.30. The highest BCUT2D eigenvalue weighted by Gasteiger charge is 2.29. The number of ether oxygens (including phenoxy) is 1. The molecule has 4 nitrogen and oxygen atoms in total. The molecule has 0 amide bonds. The molecule has 2 heterocycles. The van der Waals surface area contributed by atoms with Crippen molar-refractivity contribution in [3.63, 3.8) is 0 Å². The lowest BCUT2D eigenvalue weighted by atomic mass is 10.1. The first kappa shape index (κ1) is 13.6. The Hall–Kier alpha value is -1.39. The molecule has 1 atom stereocenters. The van der Waals surface area contributed by atoms with Crippen LogP contribution in [0.25, 0.3) is 11.0 Å². The van der Waals surface area contributed by atoms with Crippen LogP contribution in [-0.4, -0.2) is 16.2 Å². The van der Waals surface area contributed by atoms with E-state index in [4.69, 9.17) is 15.5 Å². The van der Waals surface area contributed by atoms with Gasteiger partial charge in [0.05, 0.1) is 11.0 Å². The number of rotatable bonds is 2. The van der Waals surface area contributed by atoms with Crippen molar-refractivity contribution in [1.29, 1.82) is 0 Å². The summed E-state index contributed by atoms with van der Waals surface area (Å²) >= 11 is 0. The Labute approximate surface area is 119 Å². The van der Waals surface area contributed by atoms with Crippen LogP contribution >= 0.6 is 0 Å². The Morgan fingerprint density at radius 2 is 2.20 bits per heavy atom. The van der Waals surface area contributed by atoms with E-state index in [-0.39, 0.29) is 11.6 Å². The quantitative estimate of drug-likeness (QED) is 0.914. The van der Waals surface area contributed by atoms with Gasteiger partial charge < -0.3 is 15.0 Å². The van der Waals surface area contributed by atoms with Crippen molar-refractivity contribution in [2.75, 3.05) is 6.61 Å². The Morgan fingerprint density at radius 3 is 2.80 bits per heavy atom. The second kappa shape index (κ2) is 4.86. The van der Waals surface area contributed by atoms with E-state index in [1.54, 1.807) is 0 Å². The van der Waals surface area contributed by atoms with Gasteiger partial charge in [-0.2, -0.15) is 0 Å². The lowest BCUT2D eigenvalue weighted by Gasteiger charge is -2.26. The standard InChI is InChI=1S/C16H23N3O/c1-16(2,3)19-13-7-6-11(10-17)9-12(13)18-15(19)14-5-4-8-20-14/h6-7,9,14H,4-5,8,10,17H2,1-3H3. The third-order valence-corrected chi connectivity index (χ3v) is 3.87. The fourth-order valence-corrected chi connectivity index (χ4v) is 2.97. The van der Waals surface area contributed by atoms with Crippen LogP contribution in [0.15, 0.2) is 18.2 Å². The van der Waals surface area contributed by atoms with Gasteiger partial charge in [0.25, 0.3) is 0 Å². The van der Waals surface area contributed by atoms with Crippen LogP contribution in [0.3, 0.4) is 0 Å². The highest BCUT2D eigenvalue weighted by molar-refractivity contribution is 5.77. The van der Waals surface area contributed by atoms with Crippen molar-refractivity contribution >= 4 is 11.0 Å². The first-order valence-electron chi connectivity index (χ1n) is 7.34. The van der Waals surface area contributed by atoms with Crippen molar-refractivity contribution < 1.29 is 4.74 Å². The highest BCUT2D eigenvalue weighted by atomic mass is 16.5. The molecule has 20 heavy (non-hydrogen) atoms. The molecule has 108 valence electrons. The molecule has 0 radical (unpaired) electrons. The second-order valence-corrected chi connectivity index (χ2v) is 6.51. The summed E-state index contributed by atoms with van der Waals surface area (Å²) in [5.74, 6) is 1.05. The van der Waals surface area contributed by atoms with E-state index >= 15 is 0 Å². The van der Waals surface area contributed by atoms with E-state index in [0.717, 1.165) is 36.4 Å². The number of imidazole rings is 1. The van der Waals surface area contributed by atoms with Crippen LogP contribution in [-0.2, 0) is 16.8 Å². The lowest BCUT2D eigenvalue weighted by Crippen LogP contribution is -2.25. The molecule has 0 bridgehead atoms. The maximum absolute atomic E-state index is 5.85. The van der Waals surface area contributed by atoms with Gasteiger partial charge in [0.2, 0.25) is 0 Å². The smallest absolute Gasteiger partial charge is 0.139 e. The van der Waals surface area contributed by atoms with Gasteiger partial charge in [-0.15, -0.1) is 0 Å². The lowest BCUT2D eigenvalue weighted by molar-refractivity contribution is 0.0985. The molecule has 2 aromatic rings. The summed E-state index contributed by atoms with van der Waals surface area (Å²) in [6, 6.07) is 6.32. The van der Waals surface area contributed by atoms with E-state index < -0.39 is 0 Å². The normalized spacial score (nSPS) is 19.9. The minimum absolute atomic E-state index is 0.0136. The number of benzene rings is 1. The predicted molar refractivity (Wildman–Crippen MR) is 80.5 cm³/mol. The van der Waals surface area contributed by atoms with E-state index in [9.17, 15) is 0 Å². The summed E-state index contributed by atoms with van der Waals surface area (Å²) in [6.45, 7) is 8.02. The highest BCUT2D eigenvalue weighted by Crippen LogP contribution is 2.34. The van der Waals surface area contributed by atoms with Crippen molar-refractivity contribution in [3.05, 3.63) is 29.6 Å². The van der Waals surface area contributed by atoms with E-state index in [1.807, 2.05) is 0 Å². The number of fused-ring (bicyclic) bond motifs is 1. The van der Waals surface area contributed by atoms with Gasteiger partial charge in [-0.05, 0) is 51.3 Å². The van der Waals surface area contributed by atoms with Crippen molar-refractivity contribution in [3.8, 4) is 0 Å². The molecule has 1 aromatic heterocycles. The number of hydrogen-bond donors (Lipinski definition) is 1. The Balaban J connectivity index is 2.21. The molecule has 0 spiro atoms. The minimum Gasteiger partial charge on any atom is -0.370 e. The summed E-state index contributed by atoms with van der Waals surface area (Å²) < 4.78 is 8.17. The van der Waals surface area contributed by atoms with Crippen LogP contribution in [0.5, 0.6) is 0 Å². The SMILES string of the molecule is CC(C)(C)n1c(C2CCCO2)nc2cc(CN)ccc21. The maximum Gasteiger partial charge on any atom is 0.139 e. The zero-order chi connectivity index (χ0) is 14.3. The van der Waals surface area contributed by atoms with Gasteiger partial charge in [0.15, 0.2) is 0 Å². The third kappa shape index (κ3) is 2.23. The average molecular weight is 273 g/mol. The zero-order valence-electron chi connectivity index (χ0n) is 12.5. The van der Waals surface area contributed by atoms with Gasteiger partial charge in [0.1, 0.15) is 11.9 Å². The molecular weight excluding hydrogens is 250 g/mol. The third-order valence-electron chi connectivity index (χ3n) is 3.87. The van der Waals surface area contributed by atoms with Crippen LogP contribution in [0.1, 0.15) is 51.1 Å². The van der Waals surface area contributed by atoms with Gasteiger partial charge in [-0.1, -0.05) is 6.07 Å². The summed E-state index contributed by atoms with van der Waals surface area (Å²) in [4.78, 5) is 4.85. The fraction of sp³-hybridized carbons (Fsp3) is 0.562. The fourth-order valence-electron chi connectivity index (χ4n) is 2.97. The molecule has 1 saturated heterocycles. The molecule has 1 aromatic carbocycles. The molecule has 3 rings (SSSR count). The number of hydrogen-bond acceptors (Lipinski definition) is 3. The summed E-state index contributed by atoms with van der Waals surface area (Å²) in [6.07, 6.45) is 2.30. The minimum atomic E-state index is -0.0136. The van der Waals surface area contributed by atoms with Crippen LogP contribution in [0, 0.1) is 0 Å². The summed E-state index contributed by atoms with van der Waals surface area (Å²) in [5.41, 5.74) is 9.03. The topological polar surface area (TPSA) is 53.1 Å². The predicted octanol–water partition coefficient (Wildman–Crippen LogP) is 3.10. The molecule has 1 unspecified atom stereocenters. The van der Waals surface area contributed by atoms with Crippen molar-refractivity contribution in [1.82, 2.24) is 9.55 Å². The van der Waals surface area contributed by atoms with Crippen LogP contribution in [0.4, 0.5) is 0 Å². The van der Waals surface area contributed by atoms with E-state index in [0.29, 0.717) is 6.54 Å². The first-order chi connectivity index (χ1) is 9.50. The molecule has 1 aliphatic heterocycles. The molecular formula is C16H23N3O. The first-order valence-corrected chi connectivity index (χ1v) is 7.34. The summed E-state index contributed by atoms with van der Waals surface area (Å²) in [5, 5.41) is 0. The Morgan fingerprint density at radius 1 is 1.40 bits per heavy atom. The van der Waals surface area contributed by atoms with Gasteiger partial charge in [0, 0.05) is 18.7 Å². The molecule has 1 fully saturated rings. The number of nitrogens with two attached hydrogens (primary N) is 1. The monoisotopic (exact) mass is 273 g/mol. The van der Waals surface area contributed by atoms with Gasteiger partial charge >= 0.3 is 0 Å². The molecule has 0 aliphatic carbocycles. The largest absolute Gasteiger partial charge is 0.370 e. The second-order valence-electron chi connectivity index (χ2n) is 6.51. The zero-order valence-corrected chi connectivity index (χ0v) is 12.5. The van der Waals surface area contributed by atoms with Gasteiger partial charge in [-0.25, -0.2) is 4.98 Å². The number of aromatic nitrogens is 2. The van der Waals surface area contributed by atoms with Crippen molar-refractivity contribution in [2.45, 2.75) is 51.8 Å². The molecule has 4 heteroatoms. The maximum atomic E-state index is 5.85.